The molecule has 0 saturated heterocycles. The van der Waals surface area contributed by atoms with Crippen LogP contribution in [0.15, 0.2) is 0 Å². The third-order valence-corrected chi connectivity index (χ3v) is 4.41. The molecule has 0 heterocycles. The van der Waals surface area contributed by atoms with Gasteiger partial charge in [0.05, 0.1) is 12.6 Å². The summed E-state index contributed by atoms with van der Waals surface area (Å²) in [4.78, 5) is 47.1. The van der Waals surface area contributed by atoms with E-state index in [1.807, 2.05) is 13.8 Å². The second-order valence-electron chi connectivity index (χ2n) is 6.50. The number of carbonyl (C=O) groups excluding carboxylic acids is 3. The number of rotatable bonds is 11. The number of carbonyl (C=O) groups is 4. The SMILES string of the molecule is CCC(C)C(N)C(=O)NCC(=O)NC(CS)C(=O)NC(C(=O)O)C(C)C. The Morgan fingerprint density at radius 3 is 2.08 bits per heavy atom. The number of aliphatic carboxylic acids is 1. The van der Waals surface area contributed by atoms with E-state index < -0.39 is 41.8 Å². The summed E-state index contributed by atoms with van der Waals surface area (Å²) >= 11 is 4.01. The van der Waals surface area contributed by atoms with Crippen LogP contribution in [0.2, 0.25) is 0 Å². The normalized spacial score (nSPS) is 15.5. The molecule has 4 atom stereocenters. The number of hydrogen-bond acceptors (Lipinski definition) is 6. The van der Waals surface area contributed by atoms with Crippen molar-refractivity contribution < 1.29 is 24.3 Å². The zero-order valence-corrected chi connectivity index (χ0v) is 16.5. The van der Waals surface area contributed by atoms with Gasteiger partial charge in [0, 0.05) is 5.75 Å². The van der Waals surface area contributed by atoms with Crippen LogP contribution in [-0.2, 0) is 19.2 Å². The Bertz CT molecular complexity index is 515. The van der Waals surface area contributed by atoms with E-state index in [4.69, 9.17) is 10.8 Å². The summed E-state index contributed by atoms with van der Waals surface area (Å²) < 4.78 is 0. The minimum atomic E-state index is -1.16. The van der Waals surface area contributed by atoms with Gasteiger partial charge in [-0.1, -0.05) is 34.1 Å². The summed E-state index contributed by atoms with van der Waals surface area (Å²) in [7, 11) is 0. The lowest BCUT2D eigenvalue weighted by atomic mass is 9.99. The standard InChI is InChI=1S/C16H30N4O5S/c1-5-9(4)12(17)15(23)18-6-11(21)19-10(7-26)14(22)20-13(8(2)3)16(24)25/h8-10,12-13,26H,5-7,17H2,1-4H3,(H,18,23)(H,19,21)(H,20,22)(H,24,25). The Kier molecular flexibility index (Phi) is 10.9. The lowest BCUT2D eigenvalue weighted by Gasteiger charge is -2.22. The van der Waals surface area contributed by atoms with Crippen LogP contribution < -0.4 is 21.7 Å². The molecule has 0 aliphatic heterocycles. The van der Waals surface area contributed by atoms with Crippen LogP contribution in [0.5, 0.6) is 0 Å². The maximum atomic E-state index is 12.2. The molecule has 150 valence electrons. The minimum absolute atomic E-state index is 0.0255. The quantitative estimate of drug-likeness (QED) is 0.252. The summed E-state index contributed by atoms with van der Waals surface area (Å²) in [6, 6.07) is -2.82. The van der Waals surface area contributed by atoms with Crippen LogP contribution in [-0.4, -0.2) is 59.2 Å². The second-order valence-corrected chi connectivity index (χ2v) is 6.87. The van der Waals surface area contributed by atoms with Crippen molar-refractivity contribution in [1.82, 2.24) is 16.0 Å². The lowest BCUT2D eigenvalue weighted by Crippen LogP contribution is -2.55. The molecule has 10 heteroatoms. The summed E-state index contributed by atoms with van der Waals surface area (Å²) in [5.74, 6) is -3.25. The van der Waals surface area contributed by atoms with Crippen molar-refractivity contribution in [1.29, 1.82) is 0 Å². The Balaban J connectivity index is 4.62. The number of thiol groups is 1. The van der Waals surface area contributed by atoms with Crippen molar-refractivity contribution in [3.63, 3.8) is 0 Å². The van der Waals surface area contributed by atoms with Crippen molar-refractivity contribution in [2.45, 2.75) is 52.2 Å². The highest BCUT2D eigenvalue weighted by Gasteiger charge is 2.28. The molecule has 3 amide bonds. The molecule has 0 fully saturated rings. The van der Waals surface area contributed by atoms with Crippen LogP contribution in [0.4, 0.5) is 0 Å². The van der Waals surface area contributed by atoms with E-state index >= 15 is 0 Å². The monoisotopic (exact) mass is 390 g/mol. The smallest absolute Gasteiger partial charge is 0.326 e. The van der Waals surface area contributed by atoms with Gasteiger partial charge in [-0.25, -0.2) is 4.79 Å². The van der Waals surface area contributed by atoms with Crippen molar-refractivity contribution in [2.75, 3.05) is 12.3 Å². The minimum Gasteiger partial charge on any atom is -0.480 e. The van der Waals surface area contributed by atoms with Crippen LogP contribution in [0.1, 0.15) is 34.1 Å². The average molecular weight is 391 g/mol. The molecule has 0 rings (SSSR count). The van der Waals surface area contributed by atoms with Gasteiger partial charge in [-0.15, -0.1) is 0 Å². The molecule has 0 aliphatic carbocycles. The largest absolute Gasteiger partial charge is 0.480 e. The first kappa shape index (κ1) is 24.2. The molecule has 0 aromatic carbocycles. The molecule has 0 bridgehead atoms. The Hall–Kier alpha value is -1.81. The molecule has 6 N–H and O–H groups in total. The highest BCUT2D eigenvalue weighted by Crippen LogP contribution is 2.05. The molecule has 0 radical (unpaired) electrons. The molecular formula is C16H30N4O5S. The number of carboxylic acids is 1. The maximum absolute atomic E-state index is 12.2. The number of amides is 3. The Morgan fingerprint density at radius 1 is 1.08 bits per heavy atom. The molecule has 0 spiro atoms. The van der Waals surface area contributed by atoms with E-state index in [2.05, 4.69) is 28.6 Å². The summed E-state index contributed by atoms with van der Waals surface area (Å²) in [6.07, 6.45) is 0.725. The second kappa shape index (κ2) is 11.7. The molecule has 0 saturated carbocycles. The molecule has 4 unspecified atom stereocenters. The number of hydrogen-bond donors (Lipinski definition) is 6. The van der Waals surface area contributed by atoms with Gasteiger partial charge < -0.3 is 26.8 Å². The number of nitrogens with one attached hydrogen (secondary N) is 3. The third-order valence-electron chi connectivity index (χ3n) is 4.05. The van der Waals surface area contributed by atoms with Crippen LogP contribution in [0.3, 0.4) is 0 Å². The lowest BCUT2D eigenvalue weighted by molar-refractivity contribution is -0.143. The molecule has 26 heavy (non-hydrogen) atoms. The highest BCUT2D eigenvalue weighted by molar-refractivity contribution is 7.80. The maximum Gasteiger partial charge on any atom is 0.326 e. The van der Waals surface area contributed by atoms with Gasteiger partial charge in [0.1, 0.15) is 12.1 Å². The first-order valence-corrected chi connectivity index (χ1v) is 9.14. The van der Waals surface area contributed by atoms with E-state index in [-0.39, 0.29) is 24.1 Å². The first-order chi connectivity index (χ1) is 12.0. The predicted molar refractivity (Wildman–Crippen MR) is 101 cm³/mol. The van der Waals surface area contributed by atoms with Gasteiger partial charge in [-0.3, -0.25) is 14.4 Å². The van der Waals surface area contributed by atoms with E-state index in [0.29, 0.717) is 0 Å². The molecule has 0 aromatic heterocycles. The van der Waals surface area contributed by atoms with Gasteiger partial charge in [-0.2, -0.15) is 12.6 Å². The van der Waals surface area contributed by atoms with Crippen molar-refractivity contribution in [3.05, 3.63) is 0 Å². The summed E-state index contributed by atoms with van der Waals surface area (Å²) in [5.41, 5.74) is 5.77. The van der Waals surface area contributed by atoms with Crippen molar-refractivity contribution in [2.24, 2.45) is 17.6 Å². The topological polar surface area (TPSA) is 151 Å². The Labute approximate surface area is 159 Å². The fourth-order valence-electron chi connectivity index (χ4n) is 2.00. The third kappa shape index (κ3) is 8.05. The Morgan fingerprint density at radius 2 is 1.65 bits per heavy atom. The van der Waals surface area contributed by atoms with Gasteiger partial charge in [0.15, 0.2) is 0 Å². The predicted octanol–water partition coefficient (Wildman–Crippen LogP) is -0.884. The fraction of sp³-hybridized carbons (Fsp3) is 0.750. The van der Waals surface area contributed by atoms with Gasteiger partial charge in [0.2, 0.25) is 17.7 Å². The molecule has 0 aromatic rings. The van der Waals surface area contributed by atoms with E-state index in [1.165, 1.54) is 0 Å². The number of carboxylic acid groups (broad SMARTS) is 1. The highest BCUT2D eigenvalue weighted by atomic mass is 32.1. The summed E-state index contributed by atoms with van der Waals surface area (Å²) in [5, 5.41) is 16.3. The molecule has 0 aliphatic rings. The zero-order valence-electron chi connectivity index (χ0n) is 15.6. The van der Waals surface area contributed by atoms with E-state index in [1.54, 1.807) is 13.8 Å². The summed E-state index contributed by atoms with van der Waals surface area (Å²) in [6.45, 7) is 6.71. The molecular weight excluding hydrogens is 360 g/mol. The van der Waals surface area contributed by atoms with Gasteiger partial charge in [0.25, 0.3) is 0 Å². The molecule has 9 nitrogen and oxygen atoms in total. The van der Waals surface area contributed by atoms with Crippen LogP contribution >= 0.6 is 12.6 Å². The van der Waals surface area contributed by atoms with Crippen LogP contribution in [0, 0.1) is 11.8 Å². The average Bonchev–Trinajstić information content (AvgIpc) is 2.59. The van der Waals surface area contributed by atoms with Crippen molar-refractivity contribution in [3.8, 4) is 0 Å². The van der Waals surface area contributed by atoms with E-state index in [0.717, 1.165) is 6.42 Å². The number of nitrogens with two attached hydrogens (primary N) is 1. The fourth-order valence-corrected chi connectivity index (χ4v) is 2.26. The zero-order chi connectivity index (χ0) is 20.4. The van der Waals surface area contributed by atoms with Gasteiger partial charge in [-0.05, 0) is 11.8 Å². The first-order valence-electron chi connectivity index (χ1n) is 8.51. The van der Waals surface area contributed by atoms with Gasteiger partial charge >= 0.3 is 5.97 Å². The van der Waals surface area contributed by atoms with E-state index in [9.17, 15) is 19.2 Å². The van der Waals surface area contributed by atoms with Crippen LogP contribution in [0.25, 0.3) is 0 Å². The van der Waals surface area contributed by atoms with Crippen molar-refractivity contribution >= 4 is 36.3 Å².